The van der Waals surface area contributed by atoms with Crippen LogP contribution in [-0.2, 0) is 16.4 Å². The van der Waals surface area contributed by atoms with Crippen molar-refractivity contribution in [1.82, 2.24) is 14.5 Å². The molecule has 0 unspecified atom stereocenters. The fraction of sp³-hybridized carbons (Fsp3) is 0.435. The molecule has 1 saturated heterocycles. The average Bonchev–Trinajstić information content (AvgIpc) is 2.75. The highest BCUT2D eigenvalue weighted by molar-refractivity contribution is 7.89. The Hall–Kier alpha value is -2.22. The number of sulfonamides is 1. The predicted octanol–water partition coefficient (Wildman–Crippen LogP) is 2.22. The summed E-state index contributed by atoms with van der Waals surface area (Å²) in [4.78, 5) is 14.6. The Morgan fingerprint density at radius 3 is 2.33 bits per heavy atom. The van der Waals surface area contributed by atoms with Gasteiger partial charge in [-0.25, -0.2) is 8.42 Å². The van der Waals surface area contributed by atoms with Gasteiger partial charge in [0.1, 0.15) is 0 Å². The van der Waals surface area contributed by atoms with Crippen molar-refractivity contribution in [2.75, 3.05) is 45.0 Å². The molecule has 1 aliphatic rings. The molecule has 162 valence electrons. The molecule has 3 rings (SSSR count). The summed E-state index contributed by atoms with van der Waals surface area (Å²) in [5.74, 6) is -0.313. The van der Waals surface area contributed by atoms with Gasteiger partial charge in [-0.1, -0.05) is 36.4 Å². The third-order valence-corrected chi connectivity index (χ3v) is 7.57. The second-order valence-electron chi connectivity index (χ2n) is 7.85. The number of hydrogen-bond acceptors (Lipinski definition) is 4. The standard InChI is InChI=1S/C23H31N3O3S/c1-19-8-9-22(18-20(19)2)23(27)24-11-17-30(28,29)26-15-13-25(14-16-26)12-10-21-6-4-3-5-7-21/h3-9,18H,10-17H2,1-2H3,(H,24,27). The van der Waals surface area contributed by atoms with Gasteiger partial charge in [-0.15, -0.1) is 0 Å². The van der Waals surface area contributed by atoms with E-state index in [2.05, 4.69) is 22.3 Å². The van der Waals surface area contributed by atoms with E-state index in [1.54, 1.807) is 10.4 Å². The lowest BCUT2D eigenvalue weighted by molar-refractivity contribution is 0.0956. The highest BCUT2D eigenvalue weighted by Gasteiger charge is 2.26. The molecule has 1 aliphatic heterocycles. The Bertz CT molecular complexity index is 953. The van der Waals surface area contributed by atoms with Gasteiger partial charge >= 0.3 is 0 Å². The Morgan fingerprint density at radius 1 is 0.967 bits per heavy atom. The number of nitrogens with zero attached hydrogens (tertiary/aromatic N) is 2. The summed E-state index contributed by atoms with van der Waals surface area (Å²) < 4.78 is 26.8. The van der Waals surface area contributed by atoms with Gasteiger partial charge in [-0.2, -0.15) is 4.31 Å². The van der Waals surface area contributed by atoms with Gasteiger partial charge in [-0.3, -0.25) is 4.79 Å². The molecule has 0 aliphatic carbocycles. The Labute approximate surface area is 179 Å². The van der Waals surface area contributed by atoms with E-state index in [-0.39, 0.29) is 18.2 Å². The molecule has 7 heteroatoms. The van der Waals surface area contributed by atoms with Gasteiger partial charge < -0.3 is 10.2 Å². The maximum atomic E-state index is 12.6. The molecular formula is C23H31N3O3S. The molecule has 0 spiro atoms. The van der Waals surface area contributed by atoms with Crippen LogP contribution in [0.1, 0.15) is 27.0 Å². The summed E-state index contributed by atoms with van der Waals surface area (Å²) in [7, 11) is -3.37. The first-order valence-electron chi connectivity index (χ1n) is 10.4. The fourth-order valence-corrected chi connectivity index (χ4v) is 4.91. The summed E-state index contributed by atoms with van der Waals surface area (Å²) >= 11 is 0. The van der Waals surface area contributed by atoms with Gasteiger partial charge in [0.15, 0.2) is 0 Å². The topological polar surface area (TPSA) is 69.7 Å². The molecule has 1 N–H and O–H groups in total. The zero-order chi connectivity index (χ0) is 21.6. The van der Waals surface area contributed by atoms with E-state index in [9.17, 15) is 13.2 Å². The molecule has 2 aromatic rings. The predicted molar refractivity (Wildman–Crippen MR) is 120 cm³/mol. The van der Waals surface area contributed by atoms with Gasteiger partial charge in [0.05, 0.1) is 5.75 Å². The van der Waals surface area contributed by atoms with E-state index in [0.717, 1.165) is 37.2 Å². The van der Waals surface area contributed by atoms with Crippen molar-refractivity contribution < 1.29 is 13.2 Å². The van der Waals surface area contributed by atoms with Crippen LogP contribution in [0.25, 0.3) is 0 Å². The summed E-state index contributed by atoms with van der Waals surface area (Å²) in [6, 6.07) is 15.8. The minimum atomic E-state index is -3.37. The normalized spacial score (nSPS) is 15.8. The van der Waals surface area contributed by atoms with Crippen molar-refractivity contribution in [2.24, 2.45) is 0 Å². The summed E-state index contributed by atoms with van der Waals surface area (Å²) in [6.45, 7) is 7.47. The number of carbonyl (C=O) groups is 1. The van der Waals surface area contributed by atoms with Crippen LogP contribution < -0.4 is 5.32 Å². The fourth-order valence-electron chi connectivity index (χ4n) is 3.57. The van der Waals surface area contributed by atoms with Crippen molar-refractivity contribution in [3.05, 3.63) is 70.8 Å². The highest BCUT2D eigenvalue weighted by atomic mass is 32.2. The van der Waals surface area contributed by atoms with Crippen LogP contribution in [0.3, 0.4) is 0 Å². The van der Waals surface area contributed by atoms with Crippen molar-refractivity contribution in [2.45, 2.75) is 20.3 Å². The zero-order valence-electron chi connectivity index (χ0n) is 17.8. The molecule has 0 atom stereocenters. The van der Waals surface area contributed by atoms with Crippen molar-refractivity contribution in [3.63, 3.8) is 0 Å². The number of carbonyl (C=O) groups excluding carboxylic acids is 1. The van der Waals surface area contributed by atoms with E-state index in [4.69, 9.17) is 0 Å². The van der Waals surface area contributed by atoms with Gasteiger partial charge in [-0.05, 0) is 49.1 Å². The van der Waals surface area contributed by atoms with Crippen LogP contribution in [0.5, 0.6) is 0 Å². The molecule has 0 bridgehead atoms. The third-order valence-electron chi connectivity index (χ3n) is 5.70. The largest absolute Gasteiger partial charge is 0.351 e. The number of benzene rings is 2. The molecule has 2 aromatic carbocycles. The number of piperazine rings is 1. The molecule has 0 aromatic heterocycles. The van der Waals surface area contributed by atoms with Crippen LogP contribution in [0.15, 0.2) is 48.5 Å². The van der Waals surface area contributed by atoms with Crippen molar-refractivity contribution >= 4 is 15.9 Å². The number of amides is 1. The lowest BCUT2D eigenvalue weighted by Gasteiger charge is -2.34. The monoisotopic (exact) mass is 429 g/mol. The minimum Gasteiger partial charge on any atom is -0.351 e. The minimum absolute atomic E-state index is 0.0758. The average molecular weight is 430 g/mol. The van der Waals surface area contributed by atoms with Crippen molar-refractivity contribution in [1.29, 1.82) is 0 Å². The quantitative estimate of drug-likeness (QED) is 0.699. The molecule has 1 amide bonds. The number of hydrogen-bond donors (Lipinski definition) is 1. The molecule has 30 heavy (non-hydrogen) atoms. The summed E-state index contributed by atoms with van der Waals surface area (Å²) in [6.07, 6.45) is 0.970. The molecule has 1 fully saturated rings. The first-order valence-corrected chi connectivity index (χ1v) is 12.1. The Balaban J connectivity index is 1.41. The summed E-state index contributed by atoms with van der Waals surface area (Å²) in [5, 5.41) is 2.73. The summed E-state index contributed by atoms with van der Waals surface area (Å²) in [5.41, 5.74) is 4.02. The highest BCUT2D eigenvalue weighted by Crippen LogP contribution is 2.11. The lowest BCUT2D eigenvalue weighted by atomic mass is 10.1. The maximum absolute atomic E-state index is 12.6. The number of nitrogens with one attached hydrogen (secondary N) is 1. The Morgan fingerprint density at radius 2 is 1.67 bits per heavy atom. The second-order valence-corrected chi connectivity index (χ2v) is 9.94. The number of aryl methyl sites for hydroxylation is 2. The first-order chi connectivity index (χ1) is 14.3. The van der Waals surface area contributed by atoms with E-state index in [1.165, 1.54) is 5.56 Å². The first kappa shape index (κ1) is 22.5. The van der Waals surface area contributed by atoms with Crippen LogP contribution in [0, 0.1) is 13.8 Å². The molecule has 0 radical (unpaired) electrons. The zero-order valence-corrected chi connectivity index (χ0v) is 18.6. The molecular weight excluding hydrogens is 398 g/mol. The Kier molecular flexibility index (Phi) is 7.64. The third kappa shape index (κ3) is 6.14. The van der Waals surface area contributed by atoms with E-state index >= 15 is 0 Å². The second kappa shape index (κ2) is 10.2. The molecule has 1 heterocycles. The van der Waals surface area contributed by atoms with Crippen LogP contribution in [0.2, 0.25) is 0 Å². The number of rotatable bonds is 8. The van der Waals surface area contributed by atoms with Gasteiger partial charge in [0, 0.05) is 44.8 Å². The SMILES string of the molecule is Cc1ccc(C(=O)NCCS(=O)(=O)N2CCN(CCc3ccccc3)CC2)cc1C. The van der Waals surface area contributed by atoms with E-state index < -0.39 is 10.0 Å². The molecule has 0 saturated carbocycles. The van der Waals surface area contributed by atoms with Crippen molar-refractivity contribution in [3.8, 4) is 0 Å². The maximum Gasteiger partial charge on any atom is 0.251 e. The van der Waals surface area contributed by atoms with Crippen LogP contribution >= 0.6 is 0 Å². The lowest BCUT2D eigenvalue weighted by Crippen LogP contribution is -2.50. The smallest absolute Gasteiger partial charge is 0.251 e. The van der Waals surface area contributed by atoms with E-state index in [0.29, 0.717) is 18.7 Å². The van der Waals surface area contributed by atoms with Gasteiger partial charge in [0.2, 0.25) is 10.0 Å². The molecule has 6 nitrogen and oxygen atoms in total. The van der Waals surface area contributed by atoms with E-state index in [1.807, 2.05) is 44.2 Å². The van der Waals surface area contributed by atoms with Crippen LogP contribution in [0.4, 0.5) is 0 Å². The van der Waals surface area contributed by atoms with Gasteiger partial charge in [0.25, 0.3) is 5.91 Å². The van der Waals surface area contributed by atoms with Crippen LogP contribution in [-0.4, -0.2) is 68.6 Å².